The fourth-order valence-corrected chi connectivity index (χ4v) is 3.66. The van der Waals surface area contributed by atoms with Gasteiger partial charge >= 0.3 is 0 Å². The first kappa shape index (κ1) is 17.3. The van der Waals surface area contributed by atoms with Crippen LogP contribution in [0.2, 0.25) is 0 Å². The summed E-state index contributed by atoms with van der Waals surface area (Å²) in [6.07, 6.45) is 2.13. The normalized spacial score (nSPS) is 21.7. The molecule has 0 saturated carbocycles. The van der Waals surface area contributed by atoms with Crippen molar-refractivity contribution in [2.45, 2.75) is 25.3 Å². The maximum Gasteiger partial charge on any atom is 0.230 e. The average Bonchev–Trinajstić information content (AvgIpc) is 3.18. The van der Waals surface area contributed by atoms with E-state index in [9.17, 15) is 0 Å². The minimum atomic E-state index is 0.257. The maximum atomic E-state index is 5.90. The fourth-order valence-electron chi connectivity index (χ4n) is 3.66. The minimum Gasteiger partial charge on any atom is -0.495 e. The maximum absolute atomic E-state index is 5.90. The molecule has 7 heteroatoms. The Labute approximate surface area is 153 Å². The molecule has 0 aliphatic carbocycles. The quantitative estimate of drug-likeness (QED) is 0.812. The van der Waals surface area contributed by atoms with Crippen LogP contribution in [0.25, 0.3) is 0 Å². The van der Waals surface area contributed by atoms with Gasteiger partial charge in [0, 0.05) is 32.8 Å². The molecule has 0 radical (unpaired) electrons. The number of piperazine rings is 1. The zero-order valence-electron chi connectivity index (χ0n) is 15.3. The van der Waals surface area contributed by atoms with Crippen molar-refractivity contribution in [1.82, 2.24) is 15.1 Å². The lowest BCUT2D eigenvalue weighted by atomic mass is 10.0. The number of methoxy groups -OCH3 is 1. The molecule has 0 amide bonds. The molecule has 2 aromatic rings. The number of nitrogens with zero attached hydrogens (tertiary/aromatic N) is 4. The zero-order valence-corrected chi connectivity index (χ0v) is 15.3. The Kier molecular flexibility index (Phi) is 5.36. The highest BCUT2D eigenvalue weighted by Gasteiger charge is 2.24. The predicted molar refractivity (Wildman–Crippen MR) is 97.6 cm³/mol. The summed E-state index contributed by atoms with van der Waals surface area (Å²) in [6, 6.07) is 8.18. The van der Waals surface area contributed by atoms with E-state index in [0.717, 1.165) is 63.0 Å². The lowest BCUT2D eigenvalue weighted by molar-refractivity contribution is 0.0717. The van der Waals surface area contributed by atoms with Gasteiger partial charge < -0.3 is 18.8 Å². The third kappa shape index (κ3) is 3.83. The third-order valence-electron chi connectivity index (χ3n) is 5.15. The van der Waals surface area contributed by atoms with Crippen LogP contribution in [-0.4, -0.2) is 61.6 Å². The second kappa shape index (κ2) is 8.05. The molecule has 3 heterocycles. The summed E-state index contributed by atoms with van der Waals surface area (Å²) in [7, 11) is 1.72. The molecule has 7 nitrogen and oxygen atoms in total. The van der Waals surface area contributed by atoms with Gasteiger partial charge in [0.2, 0.25) is 11.8 Å². The highest BCUT2D eigenvalue weighted by Crippen LogP contribution is 2.29. The Morgan fingerprint density at radius 3 is 2.77 bits per heavy atom. The summed E-state index contributed by atoms with van der Waals surface area (Å²) in [4.78, 5) is 4.73. The van der Waals surface area contributed by atoms with Crippen molar-refractivity contribution in [3.05, 3.63) is 36.0 Å². The van der Waals surface area contributed by atoms with E-state index in [1.807, 2.05) is 12.1 Å². The monoisotopic (exact) mass is 358 g/mol. The van der Waals surface area contributed by atoms with Crippen LogP contribution in [0.4, 0.5) is 5.69 Å². The molecule has 1 aromatic heterocycles. The number of aromatic nitrogens is 2. The van der Waals surface area contributed by atoms with E-state index >= 15 is 0 Å². The molecular weight excluding hydrogens is 332 g/mol. The molecule has 0 spiro atoms. The molecule has 2 saturated heterocycles. The zero-order chi connectivity index (χ0) is 17.8. The smallest absolute Gasteiger partial charge is 0.230 e. The van der Waals surface area contributed by atoms with Gasteiger partial charge in [-0.1, -0.05) is 12.1 Å². The molecule has 1 unspecified atom stereocenters. The van der Waals surface area contributed by atoms with Gasteiger partial charge in [-0.15, -0.1) is 10.2 Å². The third-order valence-corrected chi connectivity index (χ3v) is 5.15. The summed E-state index contributed by atoms with van der Waals surface area (Å²) in [5, 5.41) is 8.48. The standard InChI is InChI=1S/C19H26N4O3/c1-24-17-7-3-2-6-16(17)23-10-8-22(9-11-23)13-18-20-21-19(26-18)15-5-4-12-25-14-15/h2-3,6-7,15H,4-5,8-14H2,1H3. The summed E-state index contributed by atoms with van der Waals surface area (Å²) < 4.78 is 16.9. The first-order chi connectivity index (χ1) is 12.8. The molecule has 2 aliphatic rings. The van der Waals surface area contributed by atoms with E-state index in [1.165, 1.54) is 0 Å². The van der Waals surface area contributed by atoms with Crippen molar-refractivity contribution in [1.29, 1.82) is 0 Å². The second-order valence-corrected chi connectivity index (χ2v) is 6.88. The van der Waals surface area contributed by atoms with Crippen LogP contribution in [-0.2, 0) is 11.3 Å². The number of rotatable bonds is 5. The van der Waals surface area contributed by atoms with Crippen molar-refractivity contribution >= 4 is 5.69 Å². The van der Waals surface area contributed by atoms with Crippen molar-refractivity contribution in [3.8, 4) is 5.75 Å². The molecular formula is C19H26N4O3. The highest BCUT2D eigenvalue weighted by molar-refractivity contribution is 5.58. The Morgan fingerprint density at radius 1 is 1.15 bits per heavy atom. The summed E-state index contributed by atoms with van der Waals surface area (Å²) in [5.41, 5.74) is 1.16. The van der Waals surface area contributed by atoms with E-state index < -0.39 is 0 Å². The number of benzene rings is 1. The predicted octanol–water partition coefficient (Wildman–Crippen LogP) is 2.29. The van der Waals surface area contributed by atoms with E-state index in [0.29, 0.717) is 19.0 Å². The molecule has 1 atom stereocenters. The topological polar surface area (TPSA) is 63.9 Å². The molecule has 2 aliphatic heterocycles. The fraction of sp³-hybridized carbons (Fsp3) is 0.579. The summed E-state index contributed by atoms with van der Waals surface area (Å²) in [6.45, 7) is 6.08. The lowest BCUT2D eigenvalue weighted by Gasteiger charge is -2.36. The Morgan fingerprint density at radius 2 is 2.00 bits per heavy atom. The summed E-state index contributed by atoms with van der Waals surface area (Å²) in [5.74, 6) is 2.62. The van der Waals surface area contributed by atoms with Crippen LogP contribution >= 0.6 is 0 Å². The molecule has 1 aromatic carbocycles. The van der Waals surface area contributed by atoms with E-state index in [2.05, 4.69) is 32.1 Å². The largest absolute Gasteiger partial charge is 0.495 e. The van der Waals surface area contributed by atoms with Gasteiger partial charge in [0.1, 0.15) is 5.75 Å². The van der Waals surface area contributed by atoms with Gasteiger partial charge in [0.25, 0.3) is 0 Å². The van der Waals surface area contributed by atoms with Crippen LogP contribution < -0.4 is 9.64 Å². The van der Waals surface area contributed by atoms with Crippen LogP contribution in [0.5, 0.6) is 5.75 Å². The van der Waals surface area contributed by atoms with Gasteiger partial charge in [-0.25, -0.2) is 0 Å². The van der Waals surface area contributed by atoms with Gasteiger partial charge in [0.15, 0.2) is 0 Å². The number of para-hydroxylation sites is 2. The Balaban J connectivity index is 1.32. The van der Waals surface area contributed by atoms with Crippen LogP contribution in [0.1, 0.15) is 30.5 Å². The lowest BCUT2D eigenvalue weighted by Crippen LogP contribution is -2.46. The minimum absolute atomic E-state index is 0.257. The molecule has 140 valence electrons. The number of hydrogen-bond donors (Lipinski definition) is 0. The van der Waals surface area contributed by atoms with Crippen LogP contribution in [0.15, 0.2) is 28.7 Å². The molecule has 4 rings (SSSR count). The molecule has 0 N–H and O–H groups in total. The van der Waals surface area contributed by atoms with Gasteiger partial charge in [-0.3, -0.25) is 4.90 Å². The van der Waals surface area contributed by atoms with E-state index in [-0.39, 0.29) is 5.92 Å². The van der Waals surface area contributed by atoms with E-state index in [1.54, 1.807) is 7.11 Å². The first-order valence-corrected chi connectivity index (χ1v) is 9.34. The summed E-state index contributed by atoms with van der Waals surface area (Å²) >= 11 is 0. The van der Waals surface area contributed by atoms with Crippen molar-refractivity contribution < 1.29 is 13.9 Å². The first-order valence-electron chi connectivity index (χ1n) is 9.34. The van der Waals surface area contributed by atoms with Gasteiger partial charge in [-0.2, -0.15) is 0 Å². The molecule has 0 bridgehead atoms. The van der Waals surface area contributed by atoms with Crippen molar-refractivity contribution in [3.63, 3.8) is 0 Å². The van der Waals surface area contributed by atoms with Gasteiger partial charge in [-0.05, 0) is 25.0 Å². The van der Waals surface area contributed by atoms with Gasteiger partial charge in [0.05, 0.1) is 31.9 Å². The number of hydrogen-bond acceptors (Lipinski definition) is 7. The van der Waals surface area contributed by atoms with Crippen molar-refractivity contribution in [2.24, 2.45) is 0 Å². The SMILES string of the molecule is COc1ccccc1N1CCN(Cc2nnc(C3CCCOC3)o2)CC1. The second-order valence-electron chi connectivity index (χ2n) is 6.88. The van der Waals surface area contributed by atoms with Crippen molar-refractivity contribution in [2.75, 3.05) is 51.4 Å². The number of anilines is 1. The van der Waals surface area contributed by atoms with Crippen LogP contribution in [0.3, 0.4) is 0 Å². The highest BCUT2D eigenvalue weighted by atomic mass is 16.5. The Hall–Kier alpha value is -2.12. The molecule has 2 fully saturated rings. The number of ether oxygens (including phenoxy) is 2. The van der Waals surface area contributed by atoms with Crippen LogP contribution in [0, 0.1) is 0 Å². The van der Waals surface area contributed by atoms with E-state index in [4.69, 9.17) is 13.9 Å². The molecule has 26 heavy (non-hydrogen) atoms. The average molecular weight is 358 g/mol. The Bertz CT molecular complexity index is 706.